The molecule has 134 valence electrons. The van der Waals surface area contributed by atoms with E-state index in [1.54, 1.807) is 30.5 Å². The minimum Gasteiger partial charge on any atom is -0.436 e. The average molecular weight is 378 g/mol. The van der Waals surface area contributed by atoms with E-state index in [2.05, 4.69) is 22.2 Å². The van der Waals surface area contributed by atoms with Gasteiger partial charge in [0.25, 0.3) is 5.91 Å². The van der Waals surface area contributed by atoms with Crippen LogP contribution in [0.4, 0.5) is 5.69 Å². The number of anilines is 1. The molecule has 0 unspecified atom stereocenters. The van der Waals surface area contributed by atoms with Gasteiger partial charge >= 0.3 is 0 Å². The Labute approximate surface area is 161 Å². The van der Waals surface area contributed by atoms with Gasteiger partial charge in [0.05, 0.1) is 16.3 Å². The molecule has 0 aliphatic carbocycles. The average Bonchev–Trinajstić information content (AvgIpc) is 3.13. The number of halogens is 1. The summed E-state index contributed by atoms with van der Waals surface area (Å²) >= 11 is 6.25. The number of fused-ring (bicyclic) bond motifs is 1. The van der Waals surface area contributed by atoms with Gasteiger partial charge in [0.2, 0.25) is 5.89 Å². The quantitative estimate of drug-likeness (QED) is 0.520. The molecule has 0 fully saturated rings. The highest BCUT2D eigenvalue weighted by Gasteiger charge is 2.13. The Hall–Kier alpha value is -3.18. The number of carbonyl (C=O) groups is 1. The van der Waals surface area contributed by atoms with E-state index in [4.69, 9.17) is 16.0 Å². The molecule has 1 amide bonds. The lowest BCUT2D eigenvalue weighted by Gasteiger charge is -2.08. The molecule has 0 atom stereocenters. The van der Waals surface area contributed by atoms with Crippen LogP contribution >= 0.6 is 11.6 Å². The van der Waals surface area contributed by atoms with Crippen LogP contribution in [0.25, 0.3) is 22.6 Å². The lowest BCUT2D eigenvalue weighted by Crippen LogP contribution is -2.12. The molecule has 0 saturated heterocycles. The molecule has 27 heavy (non-hydrogen) atoms. The second-order valence-corrected chi connectivity index (χ2v) is 6.47. The molecule has 0 aliphatic heterocycles. The van der Waals surface area contributed by atoms with E-state index in [1.807, 2.05) is 24.3 Å². The van der Waals surface area contributed by atoms with E-state index in [-0.39, 0.29) is 5.91 Å². The molecule has 2 aromatic heterocycles. The number of amides is 1. The standard InChI is InChI=1S/C21H16ClN3O2/c1-2-13-5-8-19-18(10-13)25-21(27-19)14-6-7-16(22)17(11-14)24-20(26)15-4-3-9-23-12-15/h3-12H,2H2,1H3,(H,24,26). The zero-order valence-corrected chi connectivity index (χ0v) is 15.3. The first-order valence-electron chi connectivity index (χ1n) is 8.55. The monoisotopic (exact) mass is 377 g/mol. The smallest absolute Gasteiger partial charge is 0.257 e. The summed E-state index contributed by atoms with van der Waals surface area (Å²) in [6.07, 6.45) is 4.05. The minimum atomic E-state index is -0.285. The van der Waals surface area contributed by atoms with E-state index in [9.17, 15) is 4.79 Å². The molecule has 6 heteroatoms. The molecular weight excluding hydrogens is 362 g/mol. The van der Waals surface area contributed by atoms with Gasteiger partial charge in [-0.25, -0.2) is 4.98 Å². The number of nitrogens with one attached hydrogen (secondary N) is 1. The highest BCUT2D eigenvalue weighted by molar-refractivity contribution is 6.34. The summed E-state index contributed by atoms with van der Waals surface area (Å²) in [7, 11) is 0. The van der Waals surface area contributed by atoms with Gasteiger partial charge in [-0.3, -0.25) is 9.78 Å². The SMILES string of the molecule is CCc1ccc2oc(-c3ccc(Cl)c(NC(=O)c4cccnc4)c3)nc2c1. The van der Waals surface area contributed by atoms with Crippen LogP contribution in [-0.4, -0.2) is 15.9 Å². The van der Waals surface area contributed by atoms with Gasteiger partial charge < -0.3 is 9.73 Å². The number of hydrogen-bond acceptors (Lipinski definition) is 4. The van der Waals surface area contributed by atoms with Crippen LogP contribution in [0.5, 0.6) is 0 Å². The van der Waals surface area contributed by atoms with Crippen molar-refractivity contribution in [2.75, 3.05) is 5.32 Å². The first-order chi connectivity index (χ1) is 13.1. The van der Waals surface area contributed by atoms with Crippen molar-refractivity contribution < 1.29 is 9.21 Å². The highest BCUT2D eigenvalue weighted by Crippen LogP contribution is 2.31. The molecule has 0 saturated carbocycles. The second-order valence-electron chi connectivity index (χ2n) is 6.07. The Morgan fingerprint density at radius 2 is 2.07 bits per heavy atom. The maximum Gasteiger partial charge on any atom is 0.257 e. The van der Waals surface area contributed by atoms with Crippen molar-refractivity contribution in [3.05, 3.63) is 77.1 Å². The van der Waals surface area contributed by atoms with E-state index in [0.717, 1.165) is 23.1 Å². The topological polar surface area (TPSA) is 68.0 Å². The first kappa shape index (κ1) is 17.2. The molecule has 4 rings (SSSR count). The number of rotatable bonds is 4. The Bertz CT molecular complexity index is 1120. The normalized spacial score (nSPS) is 10.9. The molecule has 2 aromatic carbocycles. The Morgan fingerprint density at radius 1 is 1.19 bits per heavy atom. The highest BCUT2D eigenvalue weighted by atomic mass is 35.5. The van der Waals surface area contributed by atoms with Crippen molar-refractivity contribution in [3.8, 4) is 11.5 Å². The second kappa shape index (κ2) is 7.21. The number of oxazole rings is 1. The van der Waals surface area contributed by atoms with Gasteiger partial charge in [0.1, 0.15) is 5.52 Å². The molecule has 4 aromatic rings. The number of nitrogens with zero attached hydrogens (tertiary/aromatic N) is 2. The molecular formula is C21H16ClN3O2. The van der Waals surface area contributed by atoms with Gasteiger partial charge in [0, 0.05) is 18.0 Å². The molecule has 0 aliphatic rings. The van der Waals surface area contributed by atoms with E-state index in [1.165, 1.54) is 11.8 Å². The fourth-order valence-electron chi connectivity index (χ4n) is 2.76. The number of pyridine rings is 1. The summed E-state index contributed by atoms with van der Waals surface area (Å²) in [5, 5.41) is 3.24. The summed E-state index contributed by atoms with van der Waals surface area (Å²) in [5.74, 6) is 0.194. The maximum atomic E-state index is 12.4. The Kier molecular flexibility index (Phi) is 4.60. The zero-order chi connectivity index (χ0) is 18.8. The molecule has 0 bridgehead atoms. The third kappa shape index (κ3) is 3.55. The minimum absolute atomic E-state index is 0.285. The van der Waals surface area contributed by atoms with Gasteiger partial charge in [-0.1, -0.05) is 24.6 Å². The van der Waals surface area contributed by atoms with E-state index in [0.29, 0.717) is 22.2 Å². The molecule has 2 heterocycles. The van der Waals surface area contributed by atoms with Crippen LogP contribution in [0, 0.1) is 0 Å². The predicted octanol–water partition coefficient (Wildman–Crippen LogP) is 5.36. The fourth-order valence-corrected chi connectivity index (χ4v) is 2.93. The van der Waals surface area contributed by atoms with Crippen LogP contribution in [-0.2, 0) is 6.42 Å². The van der Waals surface area contributed by atoms with E-state index >= 15 is 0 Å². The van der Waals surface area contributed by atoms with Crippen LogP contribution in [0.15, 0.2) is 65.3 Å². The van der Waals surface area contributed by atoms with Gasteiger partial charge in [-0.2, -0.15) is 0 Å². The third-order valence-electron chi connectivity index (χ3n) is 4.25. The number of carbonyl (C=O) groups excluding carboxylic acids is 1. The van der Waals surface area contributed by atoms with Crippen LogP contribution < -0.4 is 5.32 Å². The largest absolute Gasteiger partial charge is 0.436 e. The lowest BCUT2D eigenvalue weighted by atomic mass is 10.1. The number of benzene rings is 2. The lowest BCUT2D eigenvalue weighted by molar-refractivity contribution is 0.102. The van der Waals surface area contributed by atoms with Crippen molar-refractivity contribution in [1.29, 1.82) is 0 Å². The van der Waals surface area contributed by atoms with Crippen molar-refractivity contribution in [3.63, 3.8) is 0 Å². The predicted molar refractivity (Wildman–Crippen MR) is 106 cm³/mol. The molecule has 0 radical (unpaired) electrons. The number of aryl methyl sites for hydroxylation is 1. The van der Waals surface area contributed by atoms with Gasteiger partial charge in [0.15, 0.2) is 5.58 Å². The summed E-state index contributed by atoms with van der Waals surface area (Å²) in [4.78, 5) is 20.9. The van der Waals surface area contributed by atoms with Crippen LogP contribution in [0.1, 0.15) is 22.8 Å². The summed E-state index contributed by atoms with van der Waals surface area (Å²) in [5.41, 5.74) is 4.39. The fraction of sp³-hybridized carbons (Fsp3) is 0.0952. The molecule has 5 nitrogen and oxygen atoms in total. The van der Waals surface area contributed by atoms with Crippen molar-refractivity contribution in [2.45, 2.75) is 13.3 Å². The van der Waals surface area contributed by atoms with Crippen molar-refractivity contribution >= 4 is 34.3 Å². The van der Waals surface area contributed by atoms with Gasteiger partial charge in [-0.05, 0) is 54.4 Å². The van der Waals surface area contributed by atoms with Crippen LogP contribution in [0.2, 0.25) is 5.02 Å². The van der Waals surface area contributed by atoms with Crippen LogP contribution in [0.3, 0.4) is 0 Å². The Balaban J connectivity index is 1.67. The molecule has 0 spiro atoms. The summed E-state index contributed by atoms with van der Waals surface area (Å²) in [6.45, 7) is 2.10. The maximum absolute atomic E-state index is 12.4. The molecule has 1 N–H and O–H groups in total. The van der Waals surface area contributed by atoms with Crippen molar-refractivity contribution in [1.82, 2.24) is 9.97 Å². The Morgan fingerprint density at radius 3 is 2.85 bits per heavy atom. The van der Waals surface area contributed by atoms with Crippen molar-refractivity contribution in [2.24, 2.45) is 0 Å². The number of hydrogen-bond donors (Lipinski definition) is 1. The van der Waals surface area contributed by atoms with Gasteiger partial charge in [-0.15, -0.1) is 0 Å². The summed E-state index contributed by atoms with van der Waals surface area (Å²) in [6, 6.07) is 14.6. The number of aromatic nitrogens is 2. The third-order valence-corrected chi connectivity index (χ3v) is 4.58. The zero-order valence-electron chi connectivity index (χ0n) is 14.6. The summed E-state index contributed by atoms with van der Waals surface area (Å²) < 4.78 is 5.86. The first-order valence-corrected chi connectivity index (χ1v) is 8.92. The van der Waals surface area contributed by atoms with E-state index < -0.39 is 0 Å².